The number of fused-ring (bicyclic) bond motifs is 1. The Morgan fingerprint density at radius 3 is 1.73 bits per heavy atom. The molecule has 2 N–H and O–H groups in total. The normalized spacial score (nSPS) is 11.7. The zero-order valence-electron chi connectivity index (χ0n) is 25.9. The molecule has 8 nitrogen and oxygen atoms in total. The number of phenolic OH excluding ortho intramolecular Hbond substituents is 2. The number of hydrogen-bond donors (Lipinski definition) is 2. The van der Waals surface area contributed by atoms with Crippen molar-refractivity contribution in [2.45, 2.75) is 10.0 Å². The van der Waals surface area contributed by atoms with Crippen LogP contribution in [-0.2, 0) is 0 Å². The molecule has 0 amide bonds. The molecule has 0 aromatic heterocycles. The molecular weight excluding hydrogens is 1060 g/mol. The minimum atomic E-state index is -0.832. The summed E-state index contributed by atoms with van der Waals surface area (Å²) in [6, 6.07) is 27.9. The van der Waals surface area contributed by atoms with Crippen LogP contribution in [0.15, 0.2) is 99.9 Å². The molecule has 5 aromatic rings. The molecule has 1 heterocycles. The van der Waals surface area contributed by atoms with E-state index in [2.05, 4.69) is 63.7 Å². The molecule has 16 heteroatoms. The van der Waals surface area contributed by atoms with E-state index in [4.69, 9.17) is 35.5 Å². The number of carbonyl (C=O) groups is 1. The van der Waals surface area contributed by atoms with Crippen molar-refractivity contribution in [3.63, 3.8) is 0 Å². The topological polar surface area (TPSA) is 147 Å². The molecule has 266 valence electrons. The first kappa shape index (κ1) is 44.0. The van der Waals surface area contributed by atoms with Crippen molar-refractivity contribution >= 4 is 70.0 Å². The summed E-state index contributed by atoms with van der Waals surface area (Å²) in [4.78, 5) is 10.1. The van der Waals surface area contributed by atoms with Crippen LogP contribution in [0.4, 0.5) is 13.2 Å². The fourth-order valence-corrected chi connectivity index (χ4v) is 5.37. The Morgan fingerprint density at radius 1 is 0.712 bits per heavy atom. The first-order valence-corrected chi connectivity index (χ1v) is 17.4. The van der Waals surface area contributed by atoms with Crippen LogP contribution in [0.1, 0.15) is 48.2 Å². The molecule has 0 spiro atoms. The first-order valence-electron chi connectivity index (χ1n) is 13.9. The van der Waals surface area contributed by atoms with Crippen molar-refractivity contribution in [2.24, 2.45) is 0 Å². The van der Waals surface area contributed by atoms with E-state index in [9.17, 15) is 18.0 Å². The van der Waals surface area contributed by atoms with Crippen molar-refractivity contribution in [2.75, 3.05) is 0 Å². The number of alkyl halides is 2. The van der Waals surface area contributed by atoms with Crippen LogP contribution in [0.25, 0.3) is 0 Å². The van der Waals surface area contributed by atoms with E-state index < -0.39 is 17.9 Å². The van der Waals surface area contributed by atoms with Crippen molar-refractivity contribution in [1.82, 2.24) is 0 Å². The molecule has 0 fully saturated rings. The van der Waals surface area contributed by atoms with Gasteiger partial charge in [-0.25, -0.2) is 13.2 Å². The van der Waals surface area contributed by atoms with Crippen molar-refractivity contribution < 1.29 is 61.6 Å². The summed E-state index contributed by atoms with van der Waals surface area (Å²) in [5.41, 5.74) is 1.54. The highest BCUT2D eigenvalue weighted by Crippen LogP contribution is 2.45. The van der Waals surface area contributed by atoms with Gasteiger partial charge in [0.25, 0.3) is 6.29 Å². The van der Waals surface area contributed by atoms with E-state index in [0.717, 1.165) is 10.5 Å². The lowest BCUT2D eigenvalue weighted by atomic mass is 10.1. The van der Waals surface area contributed by atoms with Crippen LogP contribution >= 0.6 is 63.7 Å². The Hall–Kier alpha value is -4.12. The van der Waals surface area contributed by atoms with Crippen LogP contribution in [0, 0.1) is 51.4 Å². The van der Waals surface area contributed by atoms with Crippen LogP contribution in [0.5, 0.6) is 23.0 Å². The molecule has 0 saturated carbocycles. The molecule has 1 unspecified atom stereocenters. The minimum absolute atomic E-state index is 0. The molecule has 0 saturated heterocycles. The summed E-state index contributed by atoms with van der Waals surface area (Å²) in [5.74, 6) is -0.666. The predicted molar refractivity (Wildman–Crippen MR) is 195 cm³/mol. The van der Waals surface area contributed by atoms with Gasteiger partial charge in [-0.2, -0.15) is 15.8 Å². The van der Waals surface area contributed by atoms with E-state index in [-0.39, 0.29) is 67.3 Å². The lowest BCUT2D eigenvalue weighted by Gasteiger charge is -2.11. The zero-order valence-corrected chi connectivity index (χ0v) is 34.4. The second-order valence-electron chi connectivity index (χ2n) is 9.71. The lowest BCUT2D eigenvalue weighted by Crippen LogP contribution is -3.00. The number of rotatable bonds is 3. The number of benzene rings is 5. The van der Waals surface area contributed by atoms with Crippen molar-refractivity contribution in [3.8, 4) is 41.2 Å². The van der Waals surface area contributed by atoms with E-state index in [1.165, 1.54) is 42.5 Å². The number of nitriles is 3. The number of carbonyl (C=O) groups excluding carboxylic acids is 1. The highest BCUT2D eigenvalue weighted by Gasteiger charge is 2.29. The van der Waals surface area contributed by atoms with Crippen LogP contribution < -0.4 is 33.5 Å². The summed E-state index contributed by atoms with van der Waals surface area (Å²) in [6.07, 6.45) is -0.419. The van der Waals surface area contributed by atoms with Crippen LogP contribution in [0.3, 0.4) is 0 Å². The average molecular weight is 1080 g/mol. The van der Waals surface area contributed by atoms with Gasteiger partial charge in [-0.1, -0.05) is 50.1 Å². The molecular formula is C36H20Br4F3IN3O5-. The highest BCUT2D eigenvalue weighted by molar-refractivity contribution is 9.24. The highest BCUT2D eigenvalue weighted by atomic mass is 127. The Morgan fingerprint density at radius 2 is 1.25 bits per heavy atom. The monoisotopic (exact) mass is 1070 g/mol. The molecule has 1 aliphatic heterocycles. The number of phenols is 2. The molecule has 0 aliphatic carbocycles. The van der Waals surface area contributed by atoms with Gasteiger partial charge < -0.3 is 43.7 Å². The quantitative estimate of drug-likeness (QED) is 0.0807. The summed E-state index contributed by atoms with van der Waals surface area (Å²) in [5, 5.41) is 43.2. The average Bonchev–Trinajstić information content (AvgIpc) is 3.56. The largest absolute Gasteiger partial charge is 1.00 e. The molecule has 5 aromatic carbocycles. The van der Waals surface area contributed by atoms with Gasteiger partial charge in [-0.15, -0.1) is 0 Å². The first-order chi connectivity index (χ1) is 24.3. The second-order valence-corrected chi connectivity index (χ2v) is 14.5. The van der Waals surface area contributed by atoms with Gasteiger partial charge in [0, 0.05) is 5.56 Å². The van der Waals surface area contributed by atoms with Gasteiger partial charge in [0.2, 0.25) is 0 Å². The third kappa shape index (κ3) is 12.2. The number of hydrogen-bond acceptors (Lipinski definition) is 8. The smallest absolute Gasteiger partial charge is 0.270 e. The number of nitrogens with zero attached hydrogens (tertiary/aromatic N) is 3. The Bertz CT molecular complexity index is 2160. The SMILES string of the molecule is N#Cc1ccc(C(Br)Br)c(F)c1.N#Cc1ccc(C2Oc3cccc(Br)c3O2)c(F)c1.N#Cc1ccc(C=O)c(F)c1.Oc1cccc(Br)c1O.[I-]. The van der Waals surface area contributed by atoms with Crippen LogP contribution in [0.2, 0.25) is 0 Å². The summed E-state index contributed by atoms with van der Waals surface area (Å²) < 4.78 is 51.8. The maximum atomic E-state index is 13.9. The number of aldehydes is 1. The summed E-state index contributed by atoms with van der Waals surface area (Å²) in [7, 11) is 0. The van der Waals surface area contributed by atoms with Gasteiger partial charge in [0.05, 0.1) is 58.7 Å². The summed E-state index contributed by atoms with van der Waals surface area (Å²) in [6.45, 7) is 0. The third-order valence-electron chi connectivity index (χ3n) is 6.36. The van der Waals surface area contributed by atoms with Crippen LogP contribution in [-0.4, -0.2) is 16.5 Å². The molecule has 6 rings (SSSR count). The van der Waals surface area contributed by atoms with Gasteiger partial charge >= 0.3 is 0 Å². The fourth-order valence-electron chi connectivity index (χ4n) is 3.83. The molecule has 1 atom stereocenters. The number of halogens is 8. The van der Waals surface area contributed by atoms with Crippen molar-refractivity contribution in [1.29, 1.82) is 15.8 Å². The second kappa shape index (κ2) is 21.4. The van der Waals surface area contributed by atoms with Gasteiger partial charge in [-0.05, 0) is 105 Å². The molecule has 0 bridgehead atoms. The fraction of sp³-hybridized carbons (Fsp3) is 0.0556. The van der Waals surface area contributed by atoms with E-state index in [1.807, 2.05) is 24.3 Å². The minimum Gasteiger partial charge on any atom is -1.00 e. The maximum Gasteiger partial charge on any atom is 0.270 e. The van der Waals surface area contributed by atoms with Gasteiger partial charge in [0.15, 0.2) is 29.3 Å². The number of aromatic hydroxyl groups is 2. The predicted octanol–water partition coefficient (Wildman–Crippen LogP) is 7.79. The van der Waals surface area contributed by atoms with Crippen molar-refractivity contribution in [3.05, 3.63) is 151 Å². The molecule has 0 radical (unpaired) electrons. The Kier molecular flexibility index (Phi) is 18.1. The lowest BCUT2D eigenvalue weighted by molar-refractivity contribution is -0.0000271. The molecule has 52 heavy (non-hydrogen) atoms. The Labute approximate surface area is 346 Å². The van der Waals surface area contributed by atoms with E-state index in [1.54, 1.807) is 36.4 Å². The Balaban J connectivity index is 0.000000250. The maximum absolute atomic E-state index is 13.9. The summed E-state index contributed by atoms with van der Waals surface area (Å²) >= 11 is 12.7. The van der Waals surface area contributed by atoms with Gasteiger partial charge in [-0.3, -0.25) is 4.79 Å². The third-order valence-corrected chi connectivity index (χ3v) is 8.61. The number of para-hydroxylation sites is 2. The standard InChI is InChI=1S/C14H7BrFNO2.C8H4Br2FN.C8H4FNO.C6H5BrO2.HI/c15-10-2-1-3-12-13(10)19-14(18-12)9-5-4-8(7-17)6-11(9)16;9-8(10)6-2-1-5(4-12)3-7(6)11;9-8-3-6(4-10)1-2-7(8)5-11;7-4-2-1-3-5(8)6(4)9;/h1-6,14H;1-3,8H;1-3,5H;1-3,8-9H;1H/p-1. The van der Waals surface area contributed by atoms with Gasteiger partial charge in [0.1, 0.15) is 17.5 Å². The molecule has 1 aliphatic rings. The van der Waals surface area contributed by atoms with E-state index in [0.29, 0.717) is 33.4 Å². The number of ether oxygens (including phenoxy) is 2. The van der Waals surface area contributed by atoms with E-state index >= 15 is 0 Å². The zero-order chi connectivity index (χ0) is 37.7.